The first-order valence-corrected chi connectivity index (χ1v) is 9.43. The Morgan fingerprint density at radius 3 is 2.88 bits per heavy atom. The van der Waals surface area contributed by atoms with E-state index in [2.05, 4.69) is 22.8 Å². The number of amides is 2. The molecule has 0 radical (unpaired) electrons. The number of fused-ring (bicyclic) bond motifs is 2. The van der Waals surface area contributed by atoms with Gasteiger partial charge < -0.3 is 20.1 Å². The molecule has 0 spiro atoms. The molecule has 2 N–H and O–H groups in total. The number of hydrogen-bond donors (Lipinski definition) is 2. The molecule has 4 rings (SSSR count). The van der Waals surface area contributed by atoms with Crippen LogP contribution in [0, 0.1) is 0 Å². The topological polar surface area (TPSA) is 59.6 Å². The Morgan fingerprint density at radius 2 is 1.96 bits per heavy atom. The van der Waals surface area contributed by atoms with Crippen molar-refractivity contribution in [3.63, 3.8) is 0 Å². The fourth-order valence-corrected chi connectivity index (χ4v) is 4.21. The number of carbonyl (C=O) groups is 1. The van der Waals surface area contributed by atoms with Gasteiger partial charge in [0, 0.05) is 17.2 Å². The average Bonchev–Trinajstić information content (AvgIpc) is 2.66. The molecule has 25 heavy (non-hydrogen) atoms. The van der Waals surface area contributed by atoms with Gasteiger partial charge in [0.1, 0.15) is 13.2 Å². The Kier molecular flexibility index (Phi) is 4.70. The molecule has 2 aliphatic heterocycles. The van der Waals surface area contributed by atoms with Gasteiger partial charge in [-0.2, -0.15) is 0 Å². The fourth-order valence-electron chi connectivity index (χ4n) is 3.08. The molecule has 0 saturated heterocycles. The molecule has 2 aromatic rings. The summed E-state index contributed by atoms with van der Waals surface area (Å²) in [6, 6.07) is 13.9. The van der Waals surface area contributed by atoms with Crippen molar-refractivity contribution >= 4 is 17.8 Å². The van der Waals surface area contributed by atoms with E-state index in [0.29, 0.717) is 19.8 Å². The van der Waals surface area contributed by atoms with E-state index in [9.17, 15) is 4.79 Å². The normalized spacial score (nSPS) is 18.2. The lowest BCUT2D eigenvalue weighted by Gasteiger charge is -2.26. The van der Waals surface area contributed by atoms with Crippen LogP contribution in [-0.4, -0.2) is 25.0 Å². The highest BCUT2D eigenvalue weighted by Gasteiger charge is 2.21. The molecule has 0 aromatic heterocycles. The molecule has 5 nitrogen and oxygen atoms in total. The van der Waals surface area contributed by atoms with Gasteiger partial charge in [-0.25, -0.2) is 4.79 Å². The standard InChI is InChI=1S/C19H20N2O3S/c22-19(21-15-7-10-25-18-4-2-1-3-14(15)18)20-12-13-5-6-16-17(11-13)24-9-8-23-16/h1-6,11,15H,7-10,12H2,(H2,20,21,22). The van der Waals surface area contributed by atoms with E-state index in [1.807, 2.05) is 42.1 Å². The summed E-state index contributed by atoms with van der Waals surface area (Å²) in [5, 5.41) is 6.02. The molecule has 0 aliphatic carbocycles. The Labute approximate surface area is 151 Å². The molecular formula is C19H20N2O3S. The second kappa shape index (κ2) is 7.27. The van der Waals surface area contributed by atoms with E-state index in [0.717, 1.165) is 29.2 Å². The number of nitrogens with one attached hydrogen (secondary N) is 2. The quantitative estimate of drug-likeness (QED) is 0.884. The first-order chi connectivity index (χ1) is 12.3. The number of hydrogen-bond acceptors (Lipinski definition) is 4. The first kappa shape index (κ1) is 16.1. The minimum Gasteiger partial charge on any atom is -0.486 e. The van der Waals surface area contributed by atoms with Crippen molar-refractivity contribution in [2.75, 3.05) is 19.0 Å². The highest BCUT2D eigenvalue weighted by atomic mass is 32.2. The molecule has 2 aromatic carbocycles. The van der Waals surface area contributed by atoms with Crippen molar-refractivity contribution in [3.05, 3.63) is 53.6 Å². The lowest BCUT2D eigenvalue weighted by Crippen LogP contribution is -2.38. The van der Waals surface area contributed by atoms with Crippen LogP contribution in [0.25, 0.3) is 0 Å². The smallest absolute Gasteiger partial charge is 0.315 e. The molecule has 1 unspecified atom stereocenters. The Balaban J connectivity index is 1.36. The molecule has 2 amide bonds. The Bertz CT molecular complexity index is 781. The average molecular weight is 356 g/mol. The predicted octanol–water partition coefficient (Wildman–Crippen LogP) is 3.49. The van der Waals surface area contributed by atoms with Gasteiger partial charge in [0.25, 0.3) is 0 Å². The predicted molar refractivity (Wildman–Crippen MR) is 97.3 cm³/mol. The SMILES string of the molecule is O=C(NCc1ccc2c(c1)OCCO2)NC1CCSc2ccccc21. The van der Waals surface area contributed by atoms with E-state index in [-0.39, 0.29) is 12.1 Å². The van der Waals surface area contributed by atoms with E-state index < -0.39 is 0 Å². The lowest BCUT2D eigenvalue weighted by atomic mass is 10.0. The van der Waals surface area contributed by atoms with Crippen LogP contribution in [0.5, 0.6) is 11.5 Å². The zero-order chi connectivity index (χ0) is 17.1. The minimum atomic E-state index is -0.151. The minimum absolute atomic E-state index is 0.0673. The number of ether oxygens (including phenoxy) is 2. The van der Waals surface area contributed by atoms with E-state index in [1.165, 1.54) is 10.5 Å². The summed E-state index contributed by atoms with van der Waals surface area (Å²) in [7, 11) is 0. The van der Waals surface area contributed by atoms with Crippen molar-refractivity contribution in [1.29, 1.82) is 0 Å². The second-order valence-corrected chi connectivity index (χ2v) is 7.17. The van der Waals surface area contributed by atoms with Gasteiger partial charge in [-0.1, -0.05) is 24.3 Å². The number of benzene rings is 2. The Morgan fingerprint density at radius 1 is 1.12 bits per heavy atom. The maximum atomic E-state index is 12.3. The zero-order valence-corrected chi connectivity index (χ0v) is 14.6. The van der Waals surface area contributed by atoms with E-state index in [4.69, 9.17) is 9.47 Å². The summed E-state index contributed by atoms with van der Waals surface area (Å²) >= 11 is 1.85. The monoisotopic (exact) mass is 356 g/mol. The summed E-state index contributed by atoms with van der Waals surface area (Å²) in [5.41, 5.74) is 2.19. The van der Waals surface area contributed by atoms with E-state index >= 15 is 0 Å². The van der Waals surface area contributed by atoms with Gasteiger partial charge in [-0.3, -0.25) is 0 Å². The first-order valence-electron chi connectivity index (χ1n) is 8.44. The van der Waals surface area contributed by atoms with Crippen LogP contribution < -0.4 is 20.1 Å². The number of rotatable bonds is 3. The number of thioether (sulfide) groups is 1. The zero-order valence-electron chi connectivity index (χ0n) is 13.8. The van der Waals surface area contributed by atoms with Gasteiger partial charge in [0.15, 0.2) is 11.5 Å². The molecule has 2 aliphatic rings. The summed E-state index contributed by atoms with van der Waals surface area (Å²) in [6.07, 6.45) is 0.944. The largest absolute Gasteiger partial charge is 0.486 e. The number of urea groups is 1. The summed E-state index contributed by atoms with van der Waals surface area (Å²) in [4.78, 5) is 13.6. The summed E-state index contributed by atoms with van der Waals surface area (Å²) in [5.74, 6) is 2.52. The van der Waals surface area contributed by atoms with Crippen LogP contribution in [0.2, 0.25) is 0 Å². The molecule has 6 heteroatoms. The molecular weight excluding hydrogens is 336 g/mol. The number of carbonyl (C=O) groups excluding carboxylic acids is 1. The molecule has 2 heterocycles. The third-order valence-corrected chi connectivity index (χ3v) is 5.45. The molecule has 0 fully saturated rings. The van der Waals surface area contributed by atoms with Crippen LogP contribution in [0.4, 0.5) is 4.79 Å². The summed E-state index contributed by atoms with van der Waals surface area (Å²) in [6.45, 7) is 1.59. The van der Waals surface area contributed by atoms with Gasteiger partial charge in [0.2, 0.25) is 0 Å². The van der Waals surface area contributed by atoms with Crippen LogP contribution in [0.3, 0.4) is 0 Å². The van der Waals surface area contributed by atoms with E-state index in [1.54, 1.807) is 0 Å². The van der Waals surface area contributed by atoms with Crippen molar-refractivity contribution in [3.8, 4) is 11.5 Å². The molecule has 0 saturated carbocycles. The molecule has 0 bridgehead atoms. The third kappa shape index (κ3) is 3.69. The van der Waals surface area contributed by atoms with Gasteiger partial charge in [0.05, 0.1) is 6.04 Å². The second-order valence-electron chi connectivity index (χ2n) is 6.03. The van der Waals surface area contributed by atoms with Crippen molar-refractivity contribution in [2.24, 2.45) is 0 Å². The maximum Gasteiger partial charge on any atom is 0.315 e. The van der Waals surface area contributed by atoms with Crippen molar-refractivity contribution < 1.29 is 14.3 Å². The third-order valence-electron chi connectivity index (χ3n) is 4.32. The fraction of sp³-hybridized carbons (Fsp3) is 0.316. The highest BCUT2D eigenvalue weighted by Crippen LogP contribution is 2.35. The van der Waals surface area contributed by atoms with Crippen LogP contribution >= 0.6 is 11.8 Å². The van der Waals surface area contributed by atoms with Gasteiger partial charge >= 0.3 is 6.03 Å². The van der Waals surface area contributed by atoms with Gasteiger partial charge in [-0.05, 0) is 35.7 Å². The molecule has 130 valence electrons. The molecule has 1 atom stereocenters. The van der Waals surface area contributed by atoms with Crippen LogP contribution in [-0.2, 0) is 6.54 Å². The van der Waals surface area contributed by atoms with Crippen LogP contribution in [0.15, 0.2) is 47.4 Å². The van der Waals surface area contributed by atoms with Crippen molar-refractivity contribution in [2.45, 2.75) is 23.9 Å². The lowest BCUT2D eigenvalue weighted by molar-refractivity contribution is 0.171. The highest BCUT2D eigenvalue weighted by molar-refractivity contribution is 7.99. The maximum absolute atomic E-state index is 12.3. The van der Waals surface area contributed by atoms with Crippen molar-refractivity contribution in [1.82, 2.24) is 10.6 Å². The van der Waals surface area contributed by atoms with Gasteiger partial charge in [-0.15, -0.1) is 11.8 Å². The Hall–Kier alpha value is -2.34. The summed E-state index contributed by atoms with van der Waals surface area (Å²) < 4.78 is 11.1. The van der Waals surface area contributed by atoms with Crippen LogP contribution in [0.1, 0.15) is 23.6 Å².